The predicted molar refractivity (Wildman–Crippen MR) is 74.4 cm³/mol. The average molecular weight is 280 g/mol. The number of nitrogen functional groups attached to an aromatic ring is 1. The van der Waals surface area contributed by atoms with Gasteiger partial charge in [0.05, 0.1) is 5.52 Å². The molecule has 1 aliphatic rings. The van der Waals surface area contributed by atoms with Crippen LogP contribution in [-0.4, -0.2) is 34.6 Å². The fourth-order valence-corrected chi connectivity index (χ4v) is 3.21. The van der Waals surface area contributed by atoms with Gasteiger partial charge in [-0.3, -0.25) is 0 Å². The van der Waals surface area contributed by atoms with E-state index in [1.807, 2.05) is 0 Å². The first-order chi connectivity index (χ1) is 9.47. The van der Waals surface area contributed by atoms with Gasteiger partial charge in [0.15, 0.2) is 5.82 Å². The molecule has 0 radical (unpaired) electrons. The zero-order valence-electron chi connectivity index (χ0n) is 11.6. The molecule has 1 aromatic heterocycles. The molecule has 0 saturated carbocycles. The second-order valence-electron chi connectivity index (χ2n) is 5.69. The lowest BCUT2D eigenvalue weighted by Gasteiger charge is -2.36. The fourth-order valence-electron chi connectivity index (χ4n) is 3.21. The summed E-state index contributed by atoms with van der Waals surface area (Å²) in [5.41, 5.74) is 6.54. The van der Waals surface area contributed by atoms with E-state index in [1.54, 1.807) is 4.57 Å². The Labute approximate surface area is 116 Å². The van der Waals surface area contributed by atoms with Crippen LogP contribution in [0.3, 0.4) is 0 Å². The second-order valence-corrected chi connectivity index (χ2v) is 5.69. The molecule has 2 atom stereocenters. The Morgan fingerprint density at radius 3 is 2.80 bits per heavy atom. The van der Waals surface area contributed by atoms with Crippen LogP contribution >= 0.6 is 0 Å². The molecule has 108 valence electrons. The zero-order chi connectivity index (χ0) is 14.4. The number of piperidine rings is 1. The number of rotatable bonds is 1. The molecule has 2 aromatic rings. The Hall–Kier alpha value is -1.69. The maximum absolute atomic E-state index is 13.8. The summed E-state index contributed by atoms with van der Waals surface area (Å²) in [6.45, 7) is 3.99. The van der Waals surface area contributed by atoms with Gasteiger partial charge in [-0.15, -0.1) is 0 Å². The molecule has 0 aliphatic carbocycles. The lowest BCUT2D eigenvalue weighted by Crippen LogP contribution is -2.38. The molecule has 0 amide bonds. The fraction of sp³-hybridized carbons (Fsp3) is 0.500. The number of hydrogen-bond acceptors (Lipinski definition) is 3. The van der Waals surface area contributed by atoms with E-state index in [-0.39, 0.29) is 17.5 Å². The van der Waals surface area contributed by atoms with E-state index in [0.717, 1.165) is 25.6 Å². The van der Waals surface area contributed by atoms with E-state index in [1.165, 1.54) is 6.07 Å². The van der Waals surface area contributed by atoms with Crippen molar-refractivity contribution in [3.63, 3.8) is 0 Å². The SMILES string of the molecule is CC1CN(C)CCC1n1c(N)nc2c(F)cc(F)cc21. The van der Waals surface area contributed by atoms with Crippen molar-refractivity contribution in [1.29, 1.82) is 0 Å². The molecule has 0 spiro atoms. The maximum atomic E-state index is 13.8. The standard InChI is InChI=1S/C14H18F2N4/c1-8-7-19(2)4-3-11(8)20-12-6-9(15)5-10(16)13(12)18-14(20)17/h5-6,8,11H,3-4,7H2,1-2H3,(H2,17,18). The van der Waals surface area contributed by atoms with Gasteiger partial charge in [0.1, 0.15) is 11.3 Å². The summed E-state index contributed by atoms with van der Waals surface area (Å²) < 4.78 is 29.1. The number of nitrogens with zero attached hydrogens (tertiary/aromatic N) is 3. The maximum Gasteiger partial charge on any atom is 0.201 e. The van der Waals surface area contributed by atoms with Gasteiger partial charge < -0.3 is 15.2 Å². The molecule has 2 heterocycles. The first kappa shape index (κ1) is 13.3. The number of hydrogen-bond donors (Lipinski definition) is 1. The Morgan fingerprint density at radius 1 is 1.35 bits per heavy atom. The van der Waals surface area contributed by atoms with Crippen LogP contribution in [0.1, 0.15) is 19.4 Å². The molecule has 1 aliphatic heterocycles. The molecule has 1 aromatic carbocycles. The zero-order valence-corrected chi connectivity index (χ0v) is 11.6. The number of likely N-dealkylation sites (tertiary alicyclic amines) is 1. The highest BCUT2D eigenvalue weighted by Gasteiger charge is 2.29. The number of nitrogens with two attached hydrogens (primary N) is 1. The van der Waals surface area contributed by atoms with Crippen LogP contribution in [0.4, 0.5) is 14.7 Å². The van der Waals surface area contributed by atoms with Crippen LogP contribution in [0.25, 0.3) is 11.0 Å². The molecule has 2 unspecified atom stereocenters. The molecule has 1 fully saturated rings. The third kappa shape index (κ3) is 2.04. The Kier molecular flexibility index (Phi) is 3.12. The van der Waals surface area contributed by atoms with Gasteiger partial charge in [0.25, 0.3) is 0 Å². The number of imidazole rings is 1. The molecule has 6 heteroatoms. The molecule has 20 heavy (non-hydrogen) atoms. The summed E-state index contributed by atoms with van der Waals surface area (Å²) >= 11 is 0. The predicted octanol–water partition coefficient (Wildman–Crippen LogP) is 2.41. The average Bonchev–Trinajstić information content (AvgIpc) is 2.67. The largest absolute Gasteiger partial charge is 0.369 e. The van der Waals surface area contributed by atoms with Crippen LogP contribution in [0.5, 0.6) is 0 Å². The summed E-state index contributed by atoms with van der Waals surface area (Å²) in [6, 6.07) is 2.28. The minimum atomic E-state index is -0.661. The van der Waals surface area contributed by atoms with Gasteiger partial charge >= 0.3 is 0 Å². The molecule has 3 rings (SSSR count). The number of anilines is 1. The molecular formula is C14H18F2N4. The van der Waals surface area contributed by atoms with E-state index in [9.17, 15) is 8.78 Å². The van der Waals surface area contributed by atoms with Crippen LogP contribution in [0.15, 0.2) is 12.1 Å². The summed E-state index contributed by atoms with van der Waals surface area (Å²) in [7, 11) is 2.07. The van der Waals surface area contributed by atoms with Crippen molar-refractivity contribution in [3.8, 4) is 0 Å². The quantitative estimate of drug-likeness (QED) is 0.872. The summed E-state index contributed by atoms with van der Waals surface area (Å²) in [4.78, 5) is 6.32. The van der Waals surface area contributed by atoms with Gasteiger partial charge in [-0.05, 0) is 25.9 Å². The van der Waals surface area contributed by atoms with Gasteiger partial charge in [0.2, 0.25) is 5.95 Å². The monoisotopic (exact) mass is 280 g/mol. The number of aromatic nitrogens is 2. The first-order valence-electron chi connectivity index (χ1n) is 6.78. The summed E-state index contributed by atoms with van der Waals surface area (Å²) in [6.07, 6.45) is 0.894. The van der Waals surface area contributed by atoms with Crippen LogP contribution in [0, 0.1) is 17.6 Å². The minimum Gasteiger partial charge on any atom is -0.369 e. The van der Waals surface area contributed by atoms with Gasteiger partial charge in [-0.1, -0.05) is 6.92 Å². The van der Waals surface area contributed by atoms with Crippen molar-refractivity contribution in [2.24, 2.45) is 5.92 Å². The molecule has 1 saturated heterocycles. The molecule has 2 N–H and O–H groups in total. The minimum absolute atomic E-state index is 0.123. The van der Waals surface area contributed by atoms with Crippen molar-refractivity contribution in [2.75, 3.05) is 25.9 Å². The van der Waals surface area contributed by atoms with E-state index < -0.39 is 11.6 Å². The van der Waals surface area contributed by atoms with E-state index in [4.69, 9.17) is 5.73 Å². The van der Waals surface area contributed by atoms with Crippen LogP contribution < -0.4 is 5.73 Å². The Balaban J connectivity index is 2.13. The van der Waals surface area contributed by atoms with Crippen LogP contribution in [-0.2, 0) is 0 Å². The lowest BCUT2D eigenvalue weighted by molar-refractivity contribution is 0.162. The van der Waals surface area contributed by atoms with Crippen molar-refractivity contribution in [1.82, 2.24) is 14.5 Å². The van der Waals surface area contributed by atoms with E-state index in [2.05, 4.69) is 23.9 Å². The normalized spacial score (nSPS) is 24.4. The van der Waals surface area contributed by atoms with Crippen molar-refractivity contribution >= 4 is 17.0 Å². The highest BCUT2D eigenvalue weighted by atomic mass is 19.1. The van der Waals surface area contributed by atoms with Crippen molar-refractivity contribution in [2.45, 2.75) is 19.4 Å². The van der Waals surface area contributed by atoms with Gasteiger partial charge in [-0.2, -0.15) is 0 Å². The van der Waals surface area contributed by atoms with Crippen LogP contribution in [0.2, 0.25) is 0 Å². The van der Waals surface area contributed by atoms with Gasteiger partial charge in [-0.25, -0.2) is 13.8 Å². The number of halogens is 2. The third-order valence-corrected chi connectivity index (χ3v) is 4.14. The van der Waals surface area contributed by atoms with Crippen molar-refractivity contribution in [3.05, 3.63) is 23.8 Å². The third-order valence-electron chi connectivity index (χ3n) is 4.14. The molecular weight excluding hydrogens is 262 g/mol. The molecule has 0 bridgehead atoms. The lowest BCUT2D eigenvalue weighted by atomic mass is 9.94. The number of benzene rings is 1. The number of fused-ring (bicyclic) bond motifs is 1. The Morgan fingerprint density at radius 2 is 2.10 bits per heavy atom. The Bertz CT molecular complexity index is 652. The van der Waals surface area contributed by atoms with E-state index in [0.29, 0.717) is 11.4 Å². The van der Waals surface area contributed by atoms with Gasteiger partial charge in [0, 0.05) is 24.7 Å². The highest BCUT2D eigenvalue weighted by molar-refractivity contribution is 5.79. The summed E-state index contributed by atoms with van der Waals surface area (Å²) in [5.74, 6) is -0.659. The molecule has 4 nitrogen and oxygen atoms in total. The first-order valence-corrected chi connectivity index (χ1v) is 6.78. The summed E-state index contributed by atoms with van der Waals surface area (Å²) in [5, 5.41) is 0. The highest BCUT2D eigenvalue weighted by Crippen LogP contribution is 2.34. The smallest absolute Gasteiger partial charge is 0.201 e. The topological polar surface area (TPSA) is 47.1 Å². The van der Waals surface area contributed by atoms with Crippen molar-refractivity contribution < 1.29 is 8.78 Å². The van der Waals surface area contributed by atoms with E-state index >= 15 is 0 Å². The second kappa shape index (κ2) is 4.70.